The van der Waals surface area contributed by atoms with Gasteiger partial charge in [-0.25, -0.2) is 14.2 Å². The van der Waals surface area contributed by atoms with E-state index in [1.165, 1.54) is 12.1 Å². The molecule has 0 aliphatic heterocycles. The lowest BCUT2D eigenvalue weighted by Crippen LogP contribution is -2.43. The summed E-state index contributed by atoms with van der Waals surface area (Å²) in [7, 11) is 0. The predicted octanol–water partition coefficient (Wildman–Crippen LogP) is 5.74. The number of carbonyl (C=O) groups excluding carboxylic acids is 2. The van der Waals surface area contributed by atoms with E-state index in [1.807, 2.05) is 41.3 Å². The molecule has 0 radical (unpaired) electrons. The standard InChI is InChI=1S/C29H32FN3O3S/c1-37-18-14-27(29(35)36-24-6-2-3-7-24)32-28(34)25-13-8-21(5-4-16-33-17-15-31-20-33)19-26(25)22-9-11-23(30)12-10-22/h4-5,8-13,15,17,19-20,24,27H,2-3,6-7,14,16,18H2,1H3,(H,32,34)/t27-/m0/s1. The van der Waals surface area contributed by atoms with Gasteiger partial charge in [0, 0.05) is 24.5 Å². The summed E-state index contributed by atoms with van der Waals surface area (Å²) in [5.74, 6) is -0.367. The smallest absolute Gasteiger partial charge is 0.328 e. The van der Waals surface area contributed by atoms with Crippen LogP contribution >= 0.6 is 11.8 Å². The summed E-state index contributed by atoms with van der Waals surface area (Å²) in [6, 6.07) is 10.8. The number of halogens is 1. The highest BCUT2D eigenvalue weighted by Crippen LogP contribution is 2.27. The fourth-order valence-electron chi connectivity index (χ4n) is 4.41. The Balaban J connectivity index is 1.57. The molecule has 1 aromatic heterocycles. The molecule has 4 rings (SSSR count). The number of nitrogens with one attached hydrogen (secondary N) is 1. The predicted molar refractivity (Wildman–Crippen MR) is 146 cm³/mol. The van der Waals surface area contributed by atoms with Gasteiger partial charge in [0.05, 0.1) is 6.33 Å². The van der Waals surface area contributed by atoms with Crippen molar-refractivity contribution in [2.24, 2.45) is 0 Å². The number of carbonyl (C=O) groups is 2. The highest BCUT2D eigenvalue weighted by atomic mass is 32.2. The van der Waals surface area contributed by atoms with Crippen LogP contribution in [0.4, 0.5) is 4.39 Å². The number of benzene rings is 2. The van der Waals surface area contributed by atoms with Crippen LogP contribution in [0.15, 0.2) is 67.3 Å². The highest BCUT2D eigenvalue weighted by molar-refractivity contribution is 7.98. The second-order valence-corrected chi connectivity index (χ2v) is 10.1. The summed E-state index contributed by atoms with van der Waals surface area (Å²) in [5.41, 5.74) is 2.69. The maximum absolute atomic E-state index is 13.6. The van der Waals surface area contributed by atoms with Gasteiger partial charge >= 0.3 is 5.97 Å². The van der Waals surface area contributed by atoms with Crippen molar-refractivity contribution in [2.45, 2.75) is 50.8 Å². The number of aromatic nitrogens is 2. The Morgan fingerprint density at radius 3 is 2.70 bits per heavy atom. The first-order valence-corrected chi connectivity index (χ1v) is 14.0. The average Bonchev–Trinajstić information content (AvgIpc) is 3.61. The van der Waals surface area contributed by atoms with Gasteiger partial charge in [0.1, 0.15) is 18.0 Å². The maximum atomic E-state index is 13.6. The Kier molecular flexibility index (Phi) is 9.54. The van der Waals surface area contributed by atoms with Crippen LogP contribution < -0.4 is 5.32 Å². The second-order valence-electron chi connectivity index (χ2n) is 9.12. The van der Waals surface area contributed by atoms with E-state index in [1.54, 1.807) is 42.5 Å². The number of nitrogens with zero attached hydrogens (tertiary/aromatic N) is 2. The Hall–Kier alpha value is -3.39. The van der Waals surface area contributed by atoms with Crippen molar-refractivity contribution < 1.29 is 18.7 Å². The average molecular weight is 522 g/mol. The SMILES string of the molecule is CSCC[C@H](NC(=O)c1ccc(C=CCn2ccnc2)cc1-c1ccc(F)cc1)C(=O)OC1CCCC1. The topological polar surface area (TPSA) is 73.2 Å². The van der Waals surface area contributed by atoms with E-state index < -0.39 is 6.04 Å². The van der Waals surface area contributed by atoms with Crippen LogP contribution in [0.3, 0.4) is 0 Å². The second kappa shape index (κ2) is 13.2. The minimum absolute atomic E-state index is 0.0654. The van der Waals surface area contributed by atoms with Crippen LogP contribution in [0.2, 0.25) is 0 Å². The summed E-state index contributed by atoms with van der Waals surface area (Å²) in [6.07, 6.45) is 15.6. The zero-order valence-electron chi connectivity index (χ0n) is 20.9. The first-order chi connectivity index (χ1) is 18.0. The molecule has 1 amide bonds. The van der Waals surface area contributed by atoms with E-state index in [2.05, 4.69) is 10.3 Å². The zero-order valence-corrected chi connectivity index (χ0v) is 21.8. The molecule has 1 atom stereocenters. The molecule has 0 bridgehead atoms. The normalized spacial score (nSPS) is 14.6. The number of rotatable bonds is 11. The zero-order chi connectivity index (χ0) is 26.0. The van der Waals surface area contributed by atoms with Crippen LogP contribution in [0.1, 0.15) is 48.0 Å². The number of imidazole rings is 1. The van der Waals surface area contributed by atoms with Crippen LogP contribution in [-0.2, 0) is 16.1 Å². The van der Waals surface area contributed by atoms with Crippen LogP contribution in [0.25, 0.3) is 17.2 Å². The van der Waals surface area contributed by atoms with Crippen molar-refractivity contribution in [1.29, 1.82) is 0 Å². The van der Waals surface area contributed by atoms with Crippen molar-refractivity contribution in [3.05, 3.63) is 84.2 Å². The van der Waals surface area contributed by atoms with Crippen molar-refractivity contribution in [3.8, 4) is 11.1 Å². The number of ether oxygens (including phenoxy) is 1. The van der Waals surface area contributed by atoms with Gasteiger partial charge in [0.2, 0.25) is 0 Å². The fourth-order valence-corrected chi connectivity index (χ4v) is 4.88. The molecule has 3 aromatic rings. The lowest BCUT2D eigenvalue weighted by Gasteiger charge is -2.21. The molecule has 1 N–H and O–H groups in total. The molecule has 194 valence electrons. The van der Waals surface area contributed by atoms with Crippen LogP contribution in [0.5, 0.6) is 0 Å². The largest absolute Gasteiger partial charge is 0.461 e. The molecule has 0 saturated heterocycles. The van der Waals surface area contributed by atoms with Gasteiger partial charge in [-0.05, 0) is 85.1 Å². The number of hydrogen-bond acceptors (Lipinski definition) is 5. The molecule has 6 nitrogen and oxygen atoms in total. The molecule has 8 heteroatoms. The van der Waals surface area contributed by atoms with Gasteiger partial charge < -0.3 is 14.6 Å². The molecule has 1 aliphatic rings. The third kappa shape index (κ3) is 7.55. The lowest BCUT2D eigenvalue weighted by atomic mass is 9.96. The minimum Gasteiger partial charge on any atom is -0.461 e. The minimum atomic E-state index is -0.726. The molecule has 1 saturated carbocycles. The van der Waals surface area contributed by atoms with Crippen molar-refractivity contribution in [1.82, 2.24) is 14.9 Å². The Morgan fingerprint density at radius 1 is 1.22 bits per heavy atom. The Morgan fingerprint density at radius 2 is 2.00 bits per heavy atom. The van der Waals surface area contributed by atoms with Crippen LogP contribution in [-0.4, -0.2) is 45.6 Å². The lowest BCUT2D eigenvalue weighted by molar-refractivity contribution is -0.151. The van der Waals surface area contributed by atoms with Crippen molar-refractivity contribution >= 4 is 29.7 Å². The molecule has 2 aromatic carbocycles. The number of esters is 1. The molecule has 0 unspecified atom stereocenters. The summed E-state index contributed by atoms with van der Waals surface area (Å²) < 4.78 is 21.3. The third-order valence-corrected chi connectivity index (χ3v) is 7.06. The summed E-state index contributed by atoms with van der Waals surface area (Å²) in [4.78, 5) is 30.4. The number of amides is 1. The summed E-state index contributed by atoms with van der Waals surface area (Å²) >= 11 is 1.61. The summed E-state index contributed by atoms with van der Waals surface area (Å²) in [5, 5.41) is 2.92. The Labute approximate surface area is 221 Å². The van der Waals surface area contributed by atoms with Gasteiger partial charge in [-0.15, -0.1) is 0 Å². The van der Waals surface area contributed by atoms with Gasteiger partial charge in [0.25, 0.3) is 5.91 Å². The number of hydrogen-bond donors (Lipinski definition) is 1. The van der Waals surface area contributed by atoms with Crippen molar-refractivity contribution in [2.75, 3.05) is 12.0 Å². The van der Waals surface area contributed by atoms with E-state index in [0.29, 0.717) is 29.7 Å². The molecule has 0 spiro atoms. The van der Waals surface area contributed by atoms with Gasteiger partial charge in [-0.3, -0.25) is 4.79 Å². The summed E-state index contributed by atoms with van der Waals surface area (Å²) in [6.45, 7) is 0.661. The molecule has 37 heavy (non-hydrogen) atoms. The quantitative estimate of drug-likeness (QED) is 0.326. The molecular formula is C29H32FN3O3S. The number of thioether (sulfide) groups is 1. The van der Waals surface area contributed by atoms with Crippen molar-refractivity contribution in [3.63, 3.8) is 0 Å². The van der Waals surface area contributed by atoms with Gasteiger partial charge in [0.15, 0.2) is 0 Å². The van der Waals surface area contributed by atoms with E-state index in [9.17, 15) is 14.0 Å². The fraction of sp³-hybridized carbons (Fsp3) is 0.345. The van der Waals surface area contributed by atoms with E-state index in [0.717, 1.165) is 37.0 Å². The molecule has 1 aliphatic carbocycles. The first-order valence-electron chi connectivity index (χ1n) is 12.6. The van der Waals surface area contributed by atoms with Gasteiger partial charge in [-0.1, -0.05) is 30.4 Å². The van der Waals surface area contributed by atoms with Gasteiger partial charge in [-0.2, -0.15) is 11.8 Å². The van der Waals surface area contributed by atoms with E-state index >= 15 is 0 Å². The Bertz CT molecular complexity index is 1210. The van der Waals surface area contributed by atoms with E-state index in [-0.39, 0.29) is 23.8 Å². The van der Waals surface area contributed by atoms with E-state index in [4.69, 9.17) is 4.74 Å². The molecular weight excluding hydrogens is 489 g/mol. The molecule has 1 heterocycles. The molecule has 1 fully saturated rings. The maximum Gasteiger partial charge on any atom is 0.328 e. The third-order valence-electron chi connectivity index (χ3n) is 6.41. The monoisotopic (exact) mass is 521 g/mol. The number of allylic oxidation sites excluding steroid dienone is 1. The van der Waals surface area contributed by atoms with Crippen LogP contribution in [0, 0.1) is 5.82 Å². The first kappa shape index (κ1) is 26.7. The highest BCUT2D eigenvalue weighted by Gasteiger charge is 2.27.